The highest BCUT2D eigenvalue weighted by Crippen LogP contribution is 2.29. The van der Waals surface area contributed by atoms with Crippen LogP contribution in [-0.4, -0.2) is 12.5 Å². The molecule has 0 unspecified atom stereocenters. The predicted molar refractivity (Wildman–Crippen MR) is 108 cm³/mol. The summed E-state index contributed by atoms with van der Waals surface area (Å²) >= 11 is 0. The van der Waals surface area contributed by atoms with Crippen molar-refractivity contribution in [2.24, 2.45) is 5.92 Å². The van der Waals surface area contributed by atoms with Crippen LogP contribution in [0.1, 0.15) is 53.7 Å². The van der Waals surface area contributed by atoms with E-state index in [0.29, 0.717) is 29.3 Å². The van der Waals surface area contributed by atoms with Crippen molar-refractivity contribution >= 4 is 17.3 Å². The Kier molecular flexibility index (Phi) is 7.39. The summed E-state index contributed by atoms with van der Waals surface area (Å²) in [7, 11) is 0. The monoisotopic (exact) mass is 365 g/mol. The zero-order valence-electron chi connectivity index (χ0n) is 16.4. The summed E-state index contributed by atoms with van der Waals surface area (Å²) in [4.78, 5) is 17.7. The van der Waals surface area contributed by atoms with Crippen molar-refractivity contribution in [3.05, 3.63) is 58.7 Å². The molecule has 2 N–H and O–H groups in total. The molecule has 2 aromatic carbocycles. The molecule has 27 heavy (non-hydrogen) atoms. The van der Waals surface area contributed by atoms with Gasteiger partial charge in [-0.25, -0.2) is 5.48 Å². The Labute approximate surface area is 161 Å². The van der Waals surface area contributed by atoms with Gasteiger partial charge in [0.15, 0.2) is 0 Å². The topological polar surface area (TPSA) is 74.2 Å². The second-order valence-electron chi connectivity index (χ2n) is 6.50. The summed E-state index contributed by atoms with van der Waals surface area (Å²) in [6, 6.07) is 13.1. The highest BCUT2D eigenvalue weighted by Gasteiger charge is 2.22. The standard InChI is InChI=1S/C20H21N3O2.C2H6/c1-13-3-8-18(14(2)9-13)22-19-10-16(11-21)6-7-17(19)20(24)23-25-12-15-4-5-15;1-2/h3,6-10,15,22H,4-5,12H2,1-2H3,(H,23,24);1-2H3. The summed E-state index contributed by atoms with van der Waals surface area (Å²) in [5.41, 5.74) is 7.14. The molecule has 2 aromatic rings. The van der Waals surface area contributed by atoms with E-state index in [2.05, 4.69) is 22.9 Å². The van der Waals surface area contributed by atoms with Gasteiger partial charge in [0.25, 0.3) is 5.91 Å². The minimum atomic E-state index is -0.322. The van der Waals surface area contributed by atoms with Gasteiger partial charge in [0, 0.05) is 5.69 Å². The lowest BCUT2D eigenvalue weighted by atomic mass is 10.1. The van der Waals surface area contributed by atoms with Crippen LogP contribution in [-0.2, 0) is 4.84 Å². The first-order valence-corrected chi connectivity index (χ1v) is 9.37. The number of anilines is 2. The summed E-state index contributed by atoms with van der Waals surface area (Å²) in [5, 5.41) is 12.4. The van der Waals surface area contributed by atoms with Crippen molar-refractivity contribution in [1.82, 2.24) is 5.48 Å². The number of carbonyl (C=O) groups is 1. The van der Waals surface area contributed by atoms with Crippen molar-refractivity contribution in [1.29, 1.82) is 5.26 Å². The molecule has 1 aliphatic rings. The minimum Gasteiger partial charge on any atom is -0.355 e. The summed E-state index contributed by atoms with van der Waals surface area (Å²) in [5.74, 6) is 0.242. The Balaban J connectivity index is 0.00000126. The van der Waals surface area contributed by atoms with Crippen molar-refractivity contribution < 1.29 is 9.63 Å². The third-order valence-corrected chi connectivity index (χ3v) is 4.23. The predicted octanol–water partition coefficient (Wildman–Crippen LogP) is 5.02. The average molecular weight is 365 g/mol. The fourth-order valence-corrected chi connectivity index (χ4v) is 2.58. The lowest BCUT2D eigenvalue weighted by Crippen LogP contribution is -2.25. The number of benzene rings is 2. The van der Waals surface area contributed by atoms with Gasteiger partial charge in [-0.15, -0.1) is 0 Å². The van der Waals surface area contributed by atoms with E-state index in [1.807, 2.05) is 39.8 Å². The highest BCUT2D eigenvalue weighted by atomic mass is 16.7. The summed E-state index contributed by atoms with van der Waals surface area (Å²) < 4.78 is 0. The van der Waals surface area contributed by atoms with Crippen LogP contribution in [0, 0.1) is 31.1 Å². The third-order valence-electron chi connectivity index (χ3n) is 4.23. The number of hydroxylamine groups is 1. The Morgan fingerprint density at radius 2 is 1.89 bits per heavy atom. The summed E-state index contributed by atoms with van der Waals surface area (Å²) in [6.45, 7) is 8.58. The zero-order valence-corrected chi connectivity index (χ0v) is 16.4. The molecule has 0 aromatic heterocycles. The second kappa shape index (κ2) is 9.75. The van der Waals surface area contributed by atoms with E-state index in [0.717, 1.165) is 24.1 Å². The summed E-state index contributed by atoms with van der Waals surface area (Å²) in [6.07, 6.45) is 2.32. The SMILES string of the molecule is CC.Cc1ccc(Nc2cc(C#N)ccc2C(=O)NOCC2CC2)c(C)c1. The van der Waals surface area contributed by atoms with Gasteiger partial charge in [-0.2, -0.15) is 5.26 Å². The van der Waals surface area contributed by atoms with E-state index in [1.54, 1.807) is 18.2 Å². The molecule has 142 valence electrons. The second-order valence-corrected chi connectivity index (χ2v) is 6.50. The Hall–Kier alpha value is -2.84. The van der Waals surface area contributed by atoms with Crippen LogP contribution >= 0.6 is 0 Å². The molecule has 5 heteroatoms. The van der Waals surface area contributed by atoms with Gasteiger partial charge in [0.1, 0.15) is 0 Å². The molecular formula is C22H27N3O2. The van der Waals surface area contributed by atoms with Crippen LogP contribution in [0.25, 0.3) is 0 Å². The molecule has 1 saturated carbocycles. The lowest BCUT2D eigenvalue weighted by Gasteiger charge is -2.15. The molecule has 0 spiro atoms. The van der Waals surface area contributed by atoms with Crippen molar-refractivity contribution in [3.63, 3.8) is 0 Å². The lowest BCUT2D eigenvalue weighted by molar-refractivity contribution is 0.0271. The van der Waals surface area contributed by atoms with Crippen molar-refractivity contribution in [2.45, 2.75) is 40.5 Å². The van der Waals surface area contributed by atoms with Crippen LogP contribution in [0.5, 0.6) is 0 Å². The van der Waals surface area contributed by atoms with Gasteiger partial charge in [-0.1, -0.05) is 31.5 Å². The first-order chi connectivity index (χ1) is 13.1. The van der Waals surface area contributed by atoms with Gasteiger partial charge < -0.3 is 5.32 Å². The first kappa shape index (κ1) is 20.5. The zero-order chi connectivity index (χ0) is 19.8. The fraction of sp³-hybridized carbons (Fsp3) is 0.364. The highest BCUT2D eigenvalue weighted by molar-refractivity contribution is 6.00. The number of aryl methyl sites for hydroxylation is 2. The average Bonchev–Trinajstić information content (AvgIpc) is 3.50. The number of nitrogens with one attached hydrogen (secondary N) is 2. The molecule has 0 heterocycles. The molecule has 1 aliphatic carbocycles. The molecule has 5 nitrogen and oxygen atoms in total. The molecule has 0 aliphatic heterocycles. The smallest absolute Gasteiger partial charge is 0.276 e. The van der Waals surface area contributed by atoms with Crippen LogP contribution in [0.4, 0.5) is 11.4 Å². The van der Waals surface area contributed by atoms with E-state index >= 15 is 0 Å². The largest absolute Gasteiger partial charge is 0.355 e. The molecule has 0 atom stereocenters. The Morgan fingerprint density at radius 3 is 2.52 bits per heavy atom. The van der Waals surface area contributed by atoms with Gasteiger partial charge >= 0.3 is 0 Å². The minimum absolute atomic E-state index is 0.322. The Morgan fingerprint density at radius 1 is 1.15 bits per heavy atom. The molecule has 1 fully saturated rings. The first-order valence-electron chi connectivity index (χ1n) is 9.37. The van der Waals surface area contributed by atoms with Crippen LogP contribution in [0.3, 0.4) is 0 Å². The van der Waals surface area contributed by atoms with Crippen molar-refractivity contribution in [2.75, 3.05) is 11.9 Å². The van der Waals surface area contributed by atoms with Crippen molar-refractivity contribution in [3.8, 4) is 6.07 Å². The molecule has 0 saturated heterocycles. The van der Waals surface area contributed by atoms with Crippen LogP contribution in [0.15, 0.2) is 36.4 Å². The number of amides is 1. The molecule has 0 radical (unpaired) electrons. The van der Waals surface area contributed by atoms with E-state index < -0.39 is 0 Å². The molecule has 1 amide bonds. The van der Waals surface area contributed by atoms with Gasteiger partial charge in [-0.05, 0) is 62.4 Å². The van der Waals surface area contributed by atoms with E-state index in [9.17, 15) is 4.79 Å². The molecule has 0 bridgehead atoms. The Bertz CT molecular complexity index is 836. The number of carbonyl (C=O) groups excluding carboxylic acids is 1. The quantitative estimate of drug-likeness (QED) is 0.705. The van der Waals surface area contributed by atoms with E-state index in [1.165, 1.54) is 5.56 Å². The number of nitrogens with zero attached hydrogens (tertiary/aromatic N) is 1. The molecular weight excluding hydrogens is 338 g/mol. The number of hydrogen-bond donors (Lipinski definition) is 2. The van der Waals surface area contributed by atoms with Gasteiger partial charge in [-0.3, -0.25) is 9.63 Å². The van der Waals surface area contributed by atoms with E-state index in [-0.39, 0.29) is 5.91 Å². The number of hydrogen-bond acceptors (Lipinski definition) is 4. The van der Waals surface area contributed by atoms with Crippen LogP contribution in [0.2, 0.25) is 0 Å². The third kappa shape index (κ3) is 5.83. The fourth-order valence-electron chi connectivity index (χ4n) is 2.58. The number of nitriles is 1. The van der Waals surface area contributed by atoms with Gasteiger partial charge in [0.05, 0.1) is 29.5 Å². The molecule has 3 rings (SSSR count). The maximum atomic E-state index is 12.4. The number of rotatable bonds is 6. The maximum Gasteiger partial charge on any atom is 0.276 e. The van der Waals surface area contributed by atoms with Gasteiger partial charge in [0.2, 0.25) is 0 Å². The maximum absolute atomic E-state index is 12.4. The normalized spacial score (nSPS) is 12.4. The van der Waals surface area contributed by atoms with E-state index in [4.69, 9.17) is 10.1 Å². The van der Waals surface area contributed by atoms with Crippen LogP contribution < -0.4 is 10.8 Å².